The number of hydrazone groups is 1. The van der Waals surface area contributed by atoms with E-state index in [0.29, 0.717) is 0 Å². The van der Waals surface area contributed by atoms with E-state index in [-0.39, 0.29) is 18.9 Å². The van der Waals surface area contributed by atoms with Crippen LogP contribution in [0.25, 0.3) is 0 Å². The van der Waals surface area contributed by atoms with Gasteiger partial charge in [-0.05, 0) is 38.1 Å². The van der Waals surface area contributed by atoms with Crippen molar-refractivity contribution in [1.82, 2.24) is 0 Å². The molecule has 23 heavy (non-hydrogen) atoms. The van der Waals surface area contributed by atoms with Crippen LogP contribution in [0, 0.1) is 0 Å². The number of nitrogens with zero attached hydrogens (tertiary/aromatic N) is 1. The molecule has 0 aliphatic carbocycles. The number of rotatable bonds is 6. The van der Waals surface area contributed by atoms with Gasteiger partial charge in [0.1, 0.15) is 0 Å². The van der Waals surface area contributed by atoms with Crippen LogP contribution in [0.3, 0.4) is 0 Å². The molecule has 1 aromatic rings. The van der Waals surface area contributed by atoms with Gasteiger partial charge in [-0.15, -0.1) is 0 Å². The first-order valence-electron chi connectivity index (χ1n) is 6.64. The van der Waals surface area contributed by atoms with E-state index in [1.807, 2.05) is 0 Å². The highest BCUT2D eigenvalue weighted by Crippen LogP contribution is 2.29. The normalized spacial score (nSPS) is 10.7. The van der Waals surface area contributed by atoms with Gasteiger partial charge in [0.15, 0.2) is 0 Å². The minimum absolute atomic E-state index is 0.0253. The van der Waals surface area contributed by atoms with E-state index in [1.54, 1.807) is 13.8 Å². The second kappa shape index (κ2) is 8.16. The van der Waals surface area contributed by atoms with Gasteiger partial charge in [0.25, 0.3) is 5.71 Å². The molecule has 0 amide bonds. The van der Waals surface area contributed by atoms with E-state index < -0.39 is 29.4 Å². The Hall–Kier alpha value is -2.58. The number of alkyl halides is 3. The second-order valence-electron chi connectivity index (χ2n) is 4.09. The SMILES string of the molecule is CCOC(=O)C(=NNc1ccc(C(F)(F)F)cc1)C(=O)OCC. The Morgan fingerprint density at radius 1 is 1.04 bits per heavy atom. The van der Waals surface area contributed by atoms with Crippen molar-refractivity contribution in [2.45, 2.75) is 20.0 Å². The zero-order valence-corrected chi connectivity index (χ0v) is 12.4. The number of carbonyl (C=O) groups is 2. The molecule has 0 saturated carbocycles. The highest BCUT2D eigenvalue weighted by molar-refractivity contribution is 6.62. The minimum atomic E-state index is -4.46. The van der Waals surface area contributed by atoms with E-state index in [4.69, 9.17) is 0 Å². The van der Waals surface area contributed by atoms with E-state index in [1.165, 1.54) is 0 Å². The maximum atomic E-state index is 12.4. The Balaban J connectivity index is 2.91. The van der Waals surface area contributed by atoms with E-state index in [2.05, 4.69) is 20.0 Å². The molecule has 1 N–H and O–H groups in total. The number of carbonyl (C=O) groups excluding carboxylic acids is 2. The van der Waals surface area contributed by atoms with Gasteiger partial charge in [0.05, 0.1) is 24.5 Å². The van der Waals surface area contributed by atoms with Crippen LogP contribution >= 0.6 is 0 Å². The number of esters is 2. The highest BCUT2D eigenvalue weighted by Gasteiger charge is 2.30. The molecular weight excluding hydrogens is 317 g/mol. The van der Waals surface area contributed by atoms with Gasteiger partial charge < -0.3 is 9.47 Å². The summed E-state index contributed by atoms with van der Waals surface area (Å²) in [5.74, 6) is -1.99. The van der Waals surface area contributed by atoms with E-state index in [9.17, 15) is 22.8 Å². The van der Waals surface area contributed by atoms with E-state index >= 15 is 0 Å². The quantitative estimate of drug-likeness (QED) is 0.375. The summed E-state index contributed by atoms with van der Waals surface area (Å²) in [6, 6.07) is 3.90. The summed E-state index contributed by atoms with van der Waals surface area (Å²) in [4.78, 5) is 23.2. The van der Waals surface area contributed by atoms with Crippen molar-refractivity contribution < 1.29 is 32.2 Å². The molecule has 0 fully saturated rings. The van der Waals surface area contributed by atoms with E-state index in [0.717, 1.165) is 24.3 Å². The molecule has 6 nitrogen and oxygen atoms in total. The van der Waals surface area contributed by atoms with Crippen molar-refractivity contribution >= 4 is 23.3 Å². The number of ether oxygens (including phenoxy) is 2. The summed E-state index contributed by atoms with van der Waals surface area (Å²) in [6.07, 6.45) is -4.46. The summed E-state index contributed by atoms with van der Waals surface area (Å²) in [6.45, 7) is 3.14. The average molecular weight is 332 g/mol. The maximum absolute atomic E-state index is 12.4. The molecule has 1 rings (SSSR count). The smallest absolute Gasteiger partial charge is 0.416 e. The average Bonchev–Trinajstić information content (AvgIpc) is 2.47. The van der Waals surface area contributed by atoms with Gasteiger partial charge in [-0.25, -0.2) is 9.59 Å². The fourth-order valence-electron chi connectivity index (χ4n) is 1.43. The highest BCUT2D eigenvalue weighted by atomic mass is 19.4. The molecular formula is C14H15F3N2O4. The Morgan fingerprint density at radius 2 is 1.52 bits per heavy atom. The van der Waals surface area contributed by atoms with Crippen LogP contribution in [0.15, 0.2) is 29.4 Å². The van der Waals surface area contributed by atoms with Gasteiger partial charge in [0, 0.05) is 0 Å². The fourth-order valence-corrected chi connectivity index (χ4v) is 1.43. The monoisotopic (exact) mass is 332 g/mol. The molecule has 0 aliphatic heterocycles. The van der Waals surface area contributed by atoms with Gasteiger partial charge >= 0.3 is 18.1 Å². The zero-order valence-electron chi connectivity index (χ0n) is 12.4. The molecule has 0 heterocycles. The van der Waals surface area contributed by atoms with Crippen molar-refractivity contribution in [3.05, 3.63) is 29.8 Å². The lowest BCUT2D eigenvalue weighted by atomic mass is 10.2. The number of nitrogens with one attached hydrogen (secondary N) is 1. The lowest BCUT2D eigenvalue weighted by Gasteiger charge is -2.08. The standard InChI is InChI=1S/C14H15F3N2O4/c1-3-22-12(20)11(13(21)23-4-2)19-18-10-7-5-9(6-8-10)14(15,16)17/h5-8,18H,3-4H2,1-2H3. The Labute approximate surface area is 130 Å². The third-order valence-corrected chi connectivity index (χ3v) is 2.45. The molecule has 1 aromatic carbocycles. The summed E-state index contributed by atoms with van der Waals surface area (Å²) < 4.78 is 46.7. The van der Waals surface area contributed by atoms with Crippen LogP contribution in [-0.4, -0.2) is 30.9 Å². The van der Waals surface area contributed by atoms with Crippen LogP contribution in [-0.2, 0) is 25.2 Å². The predicted octanol–water partition coefficient (Wildman–Crippen LogP) is 2.60. The first kappa shape index (κ1) is 18.5. The molecule has 0 spiro atoms. The summed E-state index contributed by atoms with van der Waals surface area (Å²) in [5.41, 5.74) is 1.02. The van der Waals surface area contributed by atoms with Crippen molar-refractivity contribution in [3.8, 4) is 0 Å². The number of halogens is 3. The number of benzene rings is 1. The van der Waals surface area contributed by atoms with Gasteiger partial charge in [-0.1, -0.05) is 0 Å². The fraction of sp³-hybridized carbons (Fsp3) is 0.357. The minimum Gasteiger partial charge on any atom is -0.461 e. The molecule has 0 unspecified atom stereocenters. The largest absolute Gasteiger partial charge is 0.461 e. The molecule has 0 bridgehead atoms. The molecule has 0 atom stereocenters. The number of hydrogen-bond acceptors (Lipinski definition) is 6. The summed E-state index contributed by atoms with van der Waals surface area (Å²) in [7, 11) is 0. The summed E-state index contributed by atoms with van der Waals surface area (Å²) in [5, 5.41) is 3.56. The third kappa shape index (κ3) is 5.61. The zero-order chi connectivity index (χ0) is 17.5. The molecule has 0 aromatic heterocycles. The van der Waals surface area contributed by atoms with Crippen LogP contribution in [0.5, 0.6) is 0 Å². The van der Waals surface area contributed by atoms with Crippen LogP contribution in [0.4, 0.5) is 18.9 Å². The van der Waals surface area contributed by atoms with Gasteiger partial charge in [-0.2, -0.15) is 18.3 Å². The molecule has 0 saturated heterocycles. The topological polar surface area (TPSA) is 77.0 Å². The second-order valence-corrected chi connectivity index (χ2v) is 4.09. The van der Waals surface area contributed by atoms with Crippen molar-refractivity contribution in [2.24, 2.45) is 5.10 Å². The maximum Gasteiger partial charge on any atom is 0.416 e. The molecule has 126 valence electrons. The predicted molar refractivity (Wildman–Crippen MR) is 75.8 cm³/mol. The van der Waals surface area contributed by atoms with Gasteiger partial charge in [0.2, 0.25) is 0 Å². The van der Waals surface area contributed by atoms with Gasteiger partial charge in [-0.3, -0.25) is 5.43 Å². The Kier molecular flexibility index (Phi) is 6.55. The molecule has 0 radical (unpaired) electrons. The van der Waals surface area contributed by atoms with Crippen LogP contribution < -0.4 is 5.43 Å². The van der Waals surface area contributed by atoms with Crippen molar-refractivity contribution in [1.29, 1.82) is 0 Å². The molecule has 9 heteroatoms. The first-order chi connectivity index (χ1) is 10.8. The summed E-state index contributed by atoms with van der Waals surface area (Å²) >= 11 is 0. The Bertz CT molecular complexity index is 563. The lowest BCUT2D eigenvalue weighted by Crippen LogP contribution is -2.29. The van der Waals surface area contributed by atoms with Crippen LogP contribution in [0.2, 0.25) is 0 Å². The lowest BCUT2D eigenvalue weighted by molar-refractivity contribution is -0.140. The first-order valence-corrected chi connectivity index (χ1v) is 6.64. The third-order valence-electron chi connectivity index (χ3n) is 2.45. The van der Waals surface area contributed by atoms with Crippen LogP contribution in [0.1, 0.15) is 19.4 Å². The van der Waals surface area contributed by atoms with Crippen molar-refractivity contribution in [3.63, 3.8) is 0 Å². The number of hydrogen-bond donors (Lipinski definition) is 1. The Morgan fingerprint density at radius 3 is 1.91 bits per heavy atom. The molecule has 0 aliphatic rings. The van der Waals surface area contributed by atoms with Crippen molar-refractivity contribution in [2.75, 3.05) is 18.6 Å². The number of anilines is 1.